The van der Waals surface area contributed by atoms with Gasteiger partial charge >= 0.3 is 12.0 Å². The first kappa shape index (κ1) is 15.2. The Labute approximate surface area is 122 Å². The fraction of sp³-hybridized carbons (Fsp3) is 0.500. The van der Waals surface area contributed by atoms with Gasteiger partial charge in [0.15, 0.2) is 0 Å². The van der Waals surface area contributed by atoms with Crippen LogP contribution in [0.4, 0.5) is 4.79 Å². The number of likely N-dealkylation sites (N-methyl/N-ethyl adjacent to an activating group) is 1. The van der Waals surface area contributed by atoms with Gasteiger partial charge in [-0.3, -0.25) is 4.98 Å². The second-order valence-electron chi connectivity index (χ2n) is 5.04. The Morgan fingerprint density at radius 1 is 1.57 bits per heavy atom. The van der Waals surface area contributed by atoms with Crippen molar-refractivity contribution < 1.29 is 19.4 Å². The van der Waals surface area contributed by atoms with Crippen LogP contribution in [0, 0.1) is 0 Å². The molecule has 0 aromatic carbocycles. The third kappa shape index (κ3) is 3.69. The summed E-state index contributed by atoms with van der Waals surface area (Å²) >= 11 is 0. The topological polar surface area (TPSA) is 91.8 Å². The van der Waals surface area contributed by atoms with Gasteiger partial charge in [-0.2, -0.15) is 0 Å². The van der Waals surface area contributed by atoms with Gasteiger partial charge in [-0.25, -0.2) is 9.59 Å². The van der Waals surface area contributed by atoms with E-state index in [-0.39, 0.29) is 30.3 Å². The largest absolute Gasteiger partial charge is 0.478 e. The highest BCUT2D eigenvalue weighted by molar-refractivity contribution is 5.87. The Hall–Kier alpha value is -2.15. The summed E-state index contributed by atoms with van der Waals surface area (Å²) in [5.41, 5.74) is 0.660. The molecule has 21 heavy (non-hydrogen) atoms. The van der Waals surface area contributed by atoms with Crippen LogP contribution in [-0.2, 0) is 11.3 Å². The smallest absolute Gasteiger partial charge is 0.335 e. The van der Waals surface area contributed by atoms with Crippen molar-refractivity contribution in [3.05, 3.63) is 29.6 Å². The molecule has 0 radical (unpaired) electrons. The molecule has 2 amide bonds. The highest BCUT2D eigenvalue weighted by Crippen LogP contribution is 2.18. The van der Waals surface area contributed by atoms with Gasteiger partial charge in [0.1, 0.15) is 0 Å². The third-order valence-corrected chi connectivity index (χ3v) is 3.64. The summed E-state index contributed by atoms with van der Waals surface area (Å²) in [5, 5.41) is 11.6. The van der Waals surface area contributed by atoms with Crippen LogP contribution in [-0.4, -0.2) is 52.8 Å². The quantitative estimate of drug-likeness (QED) is 0.867. The number of carboxylic acids is 1. The van der Waals surface area contributed by atoms with Gasteiger partial charge in [-0.15, -0.1) is 0 Å². The monoisotopic (exact) mass is 293 g/mol. The van der Waals surface area contributed by atoms with E-state index in [9.17, 15) is 9.59 Å². The highest BCUT2D eigenvalue weighted by Gasteiger charge is 2.30. The minimum absolute atomic E-state index is 0.0224. The van der Waals surface area contributed by atoms with Gasteiger partial charge in [0.05, 0.1) is 29.9 Å². The molecule has 1 fully saturated rings. The van der Waals surface area contributed by atoms with Crippen molar-refractivity contribution in [3.8, 4) is 0 Å². The molecule has 1 aliphatic heterocycles. The lowest BCUT2D eigenvalue weighted by Gasteiger charge is -2.26. The Morgan fingerprint density at radius 3 is 2.95 bits per heavy atom. The van der Waals surface area contributed by atoms with E-state index >= 15 is 0 Å². The minimum atomic E-state index is -1.01. The lowest BCUT2D eigenvalue weighted by Crippen LogP contribution is -2.46. The van der Waals surface area contributed by atoms with Crippen molar-refractivity contribution >= 4 is 12.0 Å². The number of carboxylic acid groups (broad SMARTS) is 1. The van der Waals surface area contributed by atoms with Gasteiger partial charge in [0, 0.05) is 19.9 Å². The van der Waals surface area contributed by atoms with Crippen molar-refractivity contribution in [1.29, 1.82) is 0 Å². The van der Waals surface area contributed by atoms with E-state index in [0.717, 1.165) is 6.42 Å². The molecule has 1 saturated heterocycles. The molecule has 0 spiro atoms. The van der Waals surface area contributed by atoms with Gasteiger partial charge in [-0.1, -0.05) is 0 Å². The molecule has 1 aromatic heterocycles. The lowest BCUT2D eigenvalue weighted by molar-refractivity contribution is 0.0696. The number of pyridine rings is 1. The number of nitrogens with one attached hydrogen (secondary N) is 1. The Balaban J connectivity index is 1.91. The van der Waals surface area contributed by atoms with Gasteiger partial charge in [0.2, 0.25) is 0 Å². The first-order chi connectivity index (χ1) is 9.99. The molecule has 2 atom stereocenters. The van der Waals surface area contributed by atoms with Gasteiger partial charge in [0.25, 0.3) is 0 Å². The highest BCUT2D eigenvalue weighted by atomic mass is 16.5. The van der Waals surface area contributed by atoms with Crippen LogP contribution in [0.15, 0.2) is 18.3 Å². The zero-order valence-corrected chi connectivity index (χ0v) is 12.1. The van der Waals surface area contributed by atoms with Crippen molar-refractivity contribution in [2.24, 2.45) is 0 Å². The molecule has 7 heteroatoms. The second kappa shape index (κ2) is 6.53. The van der Waals surface area contributed by atoms with E-state index < -0.39 is 5.97 Å². The number of urea groups is 1. The van der Waals surface area contributed by atoms with Crippen LogP contribution in [0.2, 0.25) is 0 Å². The number of hydrogen-bond donors (Lipinski definition) is 2. The van der Waals surface area contributed by atoms with E-state index in [1.807, 2.05) is 6.92 Å². The molecule has 2 N–H and O–H groups in total. The SMILES string of the molecule is CC1OCCC1N(C)C(=O)NCc1cc(C(=O)O)ccn1. The predicted molar refractivity (Wildman–Crippen MR) is 75.0 cm³/mol. The molecular weight excluding hydrogens is 274 g/mol. The van der Waals surface area contributed by atoms with Crippen molar-refractivity contribution in [2.75, 3.05) is 13.7 Å². The maximum absolute atomic E-state index is 12.1. The molecule has 1 aromatic rings. The normalized spacial score (nSPS) is 21.0. The van der Waals surface area contributed by atoms with Crippen LogP contribution in [0.5, 0.6) is 0 Å². The first-order valence-corrected chi connectivity index (χ1v) is 6.79. The number of aromatic nitrogens is 1. The summed E-state index contributed by atoms with van der Waals surface area (Å²) < 4.78 is 5.44. The summed E-state index contributed by atoms with van der Waals surface area (Å²) in [6.07, 6.45) is 2.26. The van der Waals surface area contributed by atoms with E-state index in [2.05, 4.69) is 10.3 Å². The van der Waals surface area contributed by atoms with Crippen LogP contribution in [0.1, 0.15) is 29.4 Å². The maximum atomic E-state index is 12.1. The zero-order chi connectivity index (χ0) is 15.4. The molecule has 0 saturated carbocycles. The second-order valence-corrected chi connectivity index (χ2v) is 5.04. The Kier molecular flexibility index (Phi) is 4.74. The average Bonchev–Trinajstić information content (AvgIpc) is 2.90. The fourth-order valence-corrected chi connectivity index (χ4v) is 2.38. The first-order valence-electron chi connectivity index (χ1n) is 6.79. The lowest BCUT2D eigenvalue weighted by atomic mass is 10.1. The summed E-state index contributed by atoms with van der Waals surface area (Å²) in [4.78, 5) is 28.6. The number of amides is 2. The molecule has 7 nitrogen and oxygen atoms in total. The third-order valence-electron chi connectivity index (χ3n) is 3.64. The van der Waals surface area contributed by atoms with Crippen molar-refractivity contribution in [1.82, 2.24) is 15.2 Å². The number of ether oxygens (including phenoxy) is 1. The van der Waals surface area contributed by atoms with E-state index in [1.54, 1.807) is 11.9 Å². The number of hydrogen-bond acceptors (Lipinski definition) is 4. The van der Waals surface area contributed by atoms with Crippen LogP contribution >= 0.6 is 0 Å². The molecule has 0 bridgehead atoms. The Bertz CT molecular complexity index is 535. The van der Waals surface area contributed by atoms with Gasteiger partial charge in [-0.05, 0) is 25.5 Å². The molecule has 1 aliphatic rings. The summed E-state index contributed by atoms with van der Waals surface area (Å²) in [7, 11) is 1.73. The van der Waals surface area contributed by atoms with Crippen LogP contribution < -0.4 is 5.32 Å². The average molecular weight is 293 g/mol. The molecule has 2 rings (SSSR count). The predicted octanol–water partition coefficient (Wildman–Crippen LogP) is 1.10. The Morgan fingerprint density at radius 2 is 2.33 bits per heavy atom. The van der Waals surface area contributed by atoms with Crippen LogP contribution in [0.25, 0.3) is 0 Å². The number of carbonyl (C=O) groups excluding carboxylic acids is 1. The van der Waals surface area contributed by atoms with Crippen LogP contribution in [0.3, 0.4) is 0 Å². The summed E-state index contributed by atoms with van der Waals surface area (Å²) in [6.45, 7) is 2.79. The molecule has 0 aliphatic carbocycles. The number of carbonyl (C=O) groups is 2. The molecule has 114 valence electrons. The summed E-state index contributed by atoms with van der Waals surface area (Å²) in [6, 6.07) is 2.70. The van der Waals surface area contributed by atoms with Gasteiger partial charge < -0.3 is 20.1 Å². The maximum Gasteiger partial charge on any atom is 0.335 e. The van der Waals surface area contributed by atoms with E-state index in [0.29, 0.717) is 12.3 Å². The number of aromatic carboxylic acids is 1. The van der Waals surface area contributed by atoms with E-state index in [1.165, 1.54) is 18.3 Å². The van der Waals surface area contributed by atoms with Crippen molar-refractivity contribution in [2.45, 2.75) is 32.0 Å². The summed E-state index contributed by atoms with van der Waals surface area (Å²) in [5.74, 6) is -1.01. The fourth-order valence-electron chi connectivity index (χ4n) is 2.38. The minimum Gasteiger partial charge on any atom is -0.478 e. The van der Waals surface area contributed by atoms with E-state index in [4.69, 9.17) is 9.84 Å². The molecule has 2 heterocycles. The standard InChI is InChI=1S/C14H19N3O4/c1-9-12(4-6-21-9)17(2)14(20)16-8-11-7-10(13(18)19)3-5-15-11/h3,5,7,9,12H,4,6,8H2,1-2H3,(H,16,20)(H,18,19). The van der Waals surface area contributed by atoms with Crippen molar-refractivity contribution in [3.63, 3.8) is 0 Å². The number of nitrogens with zero attached hydrogens (tertiary/aromatic N) is 2. The molecular formula is C14H19N3O4. The number of rotatable bonds is 4. The molecule has 2 unspecified atom stereocenters. The zero-order valence-electron chi connectivity index (χ0n) is 12.1.